The van der Waals surface area contributed by atoms with E-state index in [0.717, 1.165) is 6.42 Å². The zero-order valence-corrected chi connectivity index (χ0v) is 11.9. The predicted octanol–water partition coefficient (Wildman–Crippen LogP) is 2.41. The van der Waals surface area contributed by atoms with Crippen molar-refractivity contribution < 1.29 is 19.1 Å². The maximum absolute atomic E-state index is 11.7. The Kier molecular flexibility index (Phi) is 5.32. The van der Waals surface area contributed by atoms with Gasteiger partial charge in [0.2, 0.25) is 0 Å². The SMILES string of the molecule is COC(CC(C)C)CC1C(=O)OC(=O)C1C(C)C. The van der Waals surface area contributed by atoms with Gasteiger partial charge in [-0.15, -0.1) is 0 Å². The molecule has 0 spiro atoms. The standard InChI is InChI=1S/C14H24O4/c1-8(2)6-10(17-5)7-11-12(9(3)4)14(16)18-13(11)15/h8-12H,6-7H2,1-5H3. The molecule has 0 amide bonds. The van der Waals surface area contributed by atoms with Gasteiger partial charge in [0, 0.05) is 7.11 Å². The van der Waals surface area contributed by atoms with Crippen LogP contribution in [0.25, 0.3) is 0 Å². The lowest BCUT2D eigenvalue weighted by molar-refractivity contribution is -0.154. The van der Waals surface area contributed by atoms with Gasteiger partial charge in [-0.1, -0.05) is 27.7 Å². The fraction of sp³-hybridized carbons (Fsp3) is 0.857. The fourth-order valence-electron chi connectivity index (χ4n) is 2.63. The van der Waals surface area contributed by atoms with Crippen LogP contribution in [0.2, 0.25) is 0 Å². The summed E-state index contributed by atoms with van der Waals surface area (Å²) in [6, 6.07) is 0. The molecule has 0 aromatic rings. The molecule has 0 aliphatic carbocycles. The summed E-state index contributed by atoms with van der Waals surface area (Å²) in [5, 5.41) is 0. The van der Waals surface area contributed by atoms with Gasteiger partial charge in [-0.25, -0.2) is 0 Å². The maximum Gasteiger partial charge on any atom is 0.317 e. The van der Waals surface area contributed by atoms with E-state index in [0.29, 0.717) is 12.3 Å². The molecule has 1 saturated heterocycles. The number of cyclic esters (lactones) is 2. The lowest BCUT2D eigenvalue weighted by Crippen LogP contribution is -2.28. The second-order valence-corrected chi connectivity index (χ2v) is 5.84. The minimum Gasteiger partial charge on any atom is -0.393 e. The van der Waals surface area contributed by atoms with Crippen molar-refractivity contribution in [2.45, 2.75) is 46.6 Å². The highest BCUT2D eigenvalue weighted by atomic mass is 16.6. The first-order chi connectivity index (χ1) is 8.36. The molecule has 0 N–H and O–H groups in total. The minimum atomic E-state index is -0.385. The molecular formula is C14H24O4. The predicted molar refractivity (Wildman–Crippen MR) is 67.8 cm³/mol. The number of methoxy groups -OCH3 is 1. The molecule has 3 unspecified atom stereocenters. The van der Waals surface area contributed by atoms with Crippen molar-refractivity contribution >= 4 is 11.9 Å². The Labute approximate surface area is 109 Å². The highest BCUT2D eigenvalue weighted by molar-refractivity contribution is 5.96. The average Bonchev–Trinajstić information content (AvgIpc) is 2.52. The highest BCUT2D eigenvalue weighted by Crippen LogP contribution is 2.34. The number of hydrogen-bond acceptors (Lipinski definition) is 4. The van der Waals surface area contributed by atoms with E-state index >= 15 is 0 Å². The Balaban J connectivity index is 2.73. The van der Waals surface area contributed by atoms with Crippen molar-refractivity contribution in [2.75, 3.05) is 7.11 Å². The van der Waals surface area contributed by atoms with Gasteiger partial charge >= 0.3 is 11.9 Å². The summed E-state index contributed by atoms with van der Waals surface area (Å²) < 4.78 is 10.2. The number of carbonyl (C=O) groups is 2. The number of hydrogen-bond donors (Lipinski definition) is 0. The van der Waals surface area contributed by atoms with Crippen LogP contribution < -0.4 is 0 Å². The highest BCUT2D eigenvalue weighted by Gasteiger charge is 2.46. The second-order valence-electron chi connectivity index (χ2n) is 5.84. The molecule has 1 aliphatic rings. The largest absolute Gasteiger partial charge is 0.393 e. The summed E-state index contributed by atoms with van der Waals surface area (Å²) in [6.45, 7) is 8.12. The quantitative estimate of drug-likeness (QED) is 0.541. The summed E-state index contributed by atoms with van der Waals surface area (Å²) in [5.41, 5.74) is 0. The molecule has 4 heteroatoms. The van der Waals surface area contributed by atoms with Crippen LogP contribution >= 0.6 is 0 Å². The molecule has 1 fully saturated rings. The third-order valence-corrected chi connectivity index (χ3v) is 3.51. The van der Waals surface area contributed by atoms with Crippen LogP contribution in [0.3, 0.4) is 0 Å². The number of rotatable bonds is 6. The van der Waals surface area contributed by atoms with Crippen molar-refractivity contribution in [3.63, 3.8) is 0 Å². The van der Waals surface area contributed by atoms with Crippen LogP contribution in [0.4, 0.5) is 0 Å². The van der Waals surface area contributed by atoms with E-state index in [9.17, 15) is 9.59 Å². The van der Waals surface area contributed by atoms with Crippen molar-refractivity contribution in [2.24, 2.45) is 23.7 Å². The van der Waals surface area contributed by atoms with Gasteiger partial charge in [-0.2, -0.15) is 0 Å². The summed E-state index contributed by atoms with van der Waals surface area (Å²) in [4.78, 5) is 23.4. The van der Waals surface area contributed by atoms with E-state index in [1.807, 2.05) is 13.8 Å². The molecule has 0 aromatic heterocycles. The van der Waals surface area contributed by atoms with Gasteiger partial charge in [-0.05, 0) is 24.7 Å². The Hall–Kier alpha value is -0.900. The molecule has 104 valence electrons. The van der Waals surface area contributed by atoms with Gasteiger partial charge in [0.15, 0.2) is 0 Å². The molecule has 0 saturated carbocycles. The zero-order valence-electron chi connectivity index (χ0n) is 11.9. The smallest absolute Gasteiger partial charge is 0.317 e. The van der Waals surface area contributed by atoms with Crippen LogP contribution in [0.1, 0.15) is 40.5 Å². The number of carbonyl (C=O) groups excluding carboxylic acids is 2. The maximum atomic E-state index is 11.7. The molecule has 18 heavy (non-hydrogen) atoms. The van der Waals surface area contributed by atoms with E-state index in [1.165, 1.54) is 0 Å². The second kappa shape index (κ2) is 6.32. The Bertz CT molecular complexity index is 309. The first kappa shape index (κ1) is 15.2. The molecule has 0 radical (unpaired) electrons. The fourth-order valence-corrected chi connectivity index (χ4v) is 2.63. The summed E-state index contributed by atoms with van der Waals surface area (Å²) in [7, 11) is 1.65. The monoisotopic (exact) mass is 256 g/mol. The van der Waals surface area contributed by atoms with Crippen LogP contribution in [-0.2, 0) is 19.1 Å². The van der Waals surface area contributed by atoms with Crippen molar-refractivity contribution in [3.05, 3.63) is 0 Å². The van der Waals surface area contributed by atoms with Gasteiger partial charge in [-0.3, -0.25) is 9.59 Å². The third kappa shape index (κ3) is 3.55. The van der Waals surface area contributed by atoms with Gasteiger partial charge < -0.3 is 9.47 Å². The van der Waals surface area contributed by atoms with Crippen LogP contribution in [0.15, 0.2) is 0 Å². The van der Waals surface area contributed by atoms with E-state index in [2.05, 4.69) is 13.8 Å². The van der Waals surface area contributed by atoms with Crippen LogP contribution in [0.5, 0.6) is 0 Å². The first-order valence-electron chi connectivity index (χ1n) is 6.65. The zero-order chi connectivity index (χ0) is 13.9. The molecule has 1 heterocycles. The van der Waals surface area contributed by atoms with Crippen LogP contribution in [0, 0.1) is 23.7 Å². The average molecular weight is 256 g/mol. The summed E-state index contributed by atoms with van der Waals surface area (Å²) in [6.07, 6.45) is 1.47. The summed E-state index contributed by atoms with van der Waals surface area (Å²) in [5.74, 6) is -0.807. The first-order valence-corrected chi connectivity index (χ1v) is 6.65. The molecule has 1 rings (SSSR count). The molecule has 0 aromatic carbocycles. The van der Waals surface area contributed by atoms with E-state index in [1.54, 1.807) is 7.11 Å². The van der Waals surface area contributed by atoms with Crippen molar-refractivity contribution in [1.82, 2.24) is 0 Å². The van der Waals surface area contributed by atoms with Crippen molar-refractivity contribution in [3.8, 4) is 0 Å². The normalized spacial score (nSPS) is 25.9. The van der Waals surface area contributed by atoms with Crippen molar-refractivity contribution in [1.29, 1.82) is 0 Å². The molecule has 4 nitrogen and oxygen atoms in total. The van der Waals surface area contributed by atoms with Crippen LogP contribution in [-0.4, -0.2) is 25.2 Å². The minimum absolute atomic E-state index is 0.00898. The Morgan fingerprint density at radius 1 is 1.17 bits per heavy atom. The molecule has 1 aliphatic heterocycles. The molecule has 3 atom stereocenters. The lowest BCUT2D eigenvalue weighted by Gasteiger charge is -2.23. The topological polar surface area (TPSA) is 52.6 Å². The summed E-state index contributed by atoms with van der Waals surface area (Å²) >= 11 is 0. The van der Waals surface area contributed by atoms with Gasteiger partial charge in [0.1, 0.15) is 0 Å². The Morgan fingerprint density at radius 2 is 1.78 bits per heavy atom. The van der Waals surface area contributed by atoms with E-state index < -0.39 is 0 Å². The van der Waals surface area contributed by atoms with Gasteiger partial charge in [0.25, 0.3) is 0 Å². The lowest BCUT2D eigenvalue weighted by atomic mass is 9.81. The Morgan fingerprint density at radius 3 is 2.22 bits per heavy atom. The van der Waals surface area contributed by atoms with E-state index in [4.69, 9.17) is 9.47 Å². The molecule has 0 bridgehead atoms. The van der Waals surface area contributed by atoms with E-state index in [-0.39, 0.29) is 35.8 Å². The third-order valence-electron chi connectivity index (χ3n) is 3.51. The number of esters is 2. The number of ether oxygens (including phenoxy) is 2. The molecular weight excluding hydrogens is 232 g/mol. The van der Waals surface area contributed by atoms with Gasteiger partial charge in [0.05, 0.1) is 17.9 Å².